The summed E-state index contributed by atoms with van der Waals surface area (Å²) < 4.78 is 35.8. The zero-order valence-electron chi connectivity index (χ0n) is 15.9. The Morgan fingerprint density at radius 2 is 2.10 bits per heavy atom. The van der Waals surface area contributed by atoms with Crippen LogP contribution in [0.3, 0.4) is 0 Å². The van der Waals surface area contributed by atoms with E-state index in [0.717, 1.165) is 30.3 Å². The third-order valence-electron chi connectivity index (χ3n) is 5.70. The van der Waals surface area contributed by atoms with Gasteiger partial charge in [0.05, 0.1) is 25.1 Å². The molecule has 1 aromatic carbocycles. The van der Waals surface area contributed by atoms with Gasteiger partial charge in [0.25, 0.3) is 5.91 Å². The zero-order chi connectivity index (χ0) is 20.9. The second kappa shape index (κ2) is 6.98. The Hall–Kier alpha value is -2.59. The van der Waals surface area contributed by atoms with Gasteiger partial charge in [0, 0.05) is 29.1 Å². The fourth-order valence-corrected chi connectivity index (χ4v) is 4.77. The highest BCUT2D eigenvalue weighted by Gasteiger charge is 2.61. The zero-order valence-corrected chi connectivity index (χ0v) is 16.7. The van der Waals surface area contributed by atoms with Gasteiger partial charge in [0.1, 0.15) is 11.5 Å². The maximum Gasteiger partial charge on any atom is 0.275 e. The lowest BCUT2D eigenvalue weighted by Crippen LogP contribution is -2.52. The summed E-state index contributed by atoms with van der Waals surface area (Å²) in [5.41, 5.74) is 3.67. The molecule has 3 N–H and O–H groups in total. The molecule has 3 aliphatic rings. The summed E-state index contributed by atoms with van der Waals surface area (Å²) in [5, 5.41) is 2.85. The molecule has 2 aromatic rings. The number of fused-ring (bicyclic) bond motifs is 1. The summed E-state index contributed by atoms with van der Waals surface area (Å²) in [5.74, 6) is -0.681. The first-order chi connectivity index (χ1) is 14.4. The number of hydrogen-bond donors (Lipinski definition) is 2. The Labute approximate surface area is 175 Å². The molecule has 1 saturated heterocycles. The van der Waals surface area contributed by atoms with Crippen LogP contribution in [0.4, 0.5) is 14.5 Å². The largest absolute Gasteiger partial charge is 0.379 e. The Balaban J connectivity index is 1.45. The minimum absolute atomic E-state index is 0.00119. The first-order valence-electron chi connectivity index (χ1n) is 9.58. The Morgan fingerprint density at radius 3 is 2.83 bits per heavy atom. The molecule has 30 heavy (non-hydrogen) atoms. The van der Waals surface area contributed by atoms with Gasteiger partial charge in [-0.05, 0) is 31.0 Å². The maximum atomic E-state index is 15.6. The van der Waals surface area contributed by atoms with Crippen LogP contribution in [0.5, 0.6) is 0 Å². The molecule has 7 nitrogen and oxygen atoms in total. The normalized spacial score (nSPS) is 28.0. The molecule has 2 atom stereocenters. The second-order valence-electron chi connectivity index (χ2n) is 7.81. The number of aromatic nitrogens is 2. The number of thioether (sulfide) groups is 1. The molecule has 1 aromatic heterocycles. The van der Waals surface area contributed by atoms with Crippen LogP contribution in [0.2, 0.25) is 0 Å². The third-order valence-corrected chi connectivity index (χ3v) is 6.69. The number of ether oxygens (including phenoxy) is 1. The van der Waals surface area contributed by atoms with E-state index in [1.165, 1.54) is 24.4 Å². The number of nitrogens with two attached hydrogens (primary N) is 1. The number of amidine groups is 1. The van der Waals surface area contributed by atoms with Crippen LogP contribution < -0.4 is 11.1 Å². The van der Waals surface area contributed by atoms with Crippen molar-refractivity contribution in [3.05, 3.63) is 53.4 Å². The number of amides is 1. The first-order valence-corrected chi connectivity index (χ1v) is 10.6. The lowest BCUT2D eigenvalue weighted by atomic mass is 9.79. The van der Waals surface area contributed by atoms with Gasteiger partial charge in [-0.25, -0.2) is 18.8 Å². The summed E-state index contributed by atoms with van der Waals surface area (Å²) in [7, 11) is 0. The van der Waals surface area contributed by atoms with Gasteiger partial charge < -0.3 is 15.8 Å². The molecule has 1 aliphatic carbocycles. The number of hydrogen-bond acceptors (Lipinski definition) is 7. The van der Waals surface area contributed by atoms with Gasteiger partial charge in [-0.1, -0.05) is 11.8 Å². The molecule has 2 aliphatic heterocycles. The number of aliphatic imine (C=N–C) groups is 1. The fraction of sp³-hybridized carbons (Fsp3) is 0.400. The standard InChI is InChI=1S/C20H19F2N5O2S/c21-14-4-3-12(26-17(28)16-7-24-15(6-25-16)11-1-2-11)5-13(14)20-9-29-8-19(20,22)10-30-18(23)27-20/h3-7,11H,1-2,8-10H2,(H2,23,27)(H,26,28). The van der Waals surface area contributed by atoms with Crippen molar-refractivity contribution in [1.29, 1.82) is 0 Å². The van der Waals surface area contributed by atoms with Gasteiger partial charge in [0.15, 0.2) is 16.4 Å². The molecular weight excluding hydrogens is 412 g/mol. The minimum Gasteiger partial charge on any atom is -0.379 e. The lowest BCUT2D eigenvalue weighted by Gasteiger charge is -2.38. The number of nitrogens with one attached hydrogen (secondary N) is 1. The number of halogens is 2. The Bertz CT molecular complexity index is 1050. The molecular formula is C20H19F2N5O2S. The highest BCUT2D eigenvalue weighted by molar-refractivity contribution is 8.13. The van der Waals surface area contributed by atoms with E-state index < -0.39 is 22.9 Å². The Kier molecular flexibility index (Phi) is 4.51. The number of alkyl halides is 1. The smallest absolute Gasteiger partial charge is 0.275 e. The first kappa shape index (κ1) is 19.4. The molecule has 1 amide bonds. The van der Waals surface area contributed by atoms with Gasteiger partial charge in [0.2, 0.25) is 0 Å². The summed E-state index contributed by atoms with van der Waals surface area (Å²) in [4.78, 5) is 25.3. The van der Waals surface area contributed by atoms with Crippen molar-refractivity contribution in [2.24, 2.45) is 10.7 Å². The van der Waals surface area contributed by atoms with E-state index in [2.05, 4.69) is 20.3 Å². The van der Waals surface area contributed by atoms with Crippen LogP contribution in [-0.2, 0) is 10.3 Å². The van der Waals surface area contributed by atoms with Crippen LogP contribution in [0.25, 0.3) is 0 Å². The molecule has 156 valence electrons. The van der Waals surface area contributed by atoms with E-state index in [1.807, 2.05) is 0 Å². The highest BCUT2D eigenvalue weighted by atomic mass is 32.2. The monoisotopic (exact) mass is 431 g/mol. The molecule has 10 heteroatoms. The van der Waals surface area contributed by atoms with E-state index in [1.54, 1.807) is 6.20 Å². The fourth-order valence-electron chi connectivity index (χ4n) is 3.85. The molecule has 5 rings (SSSR count). The molecule has 1 saturated carbocycles. The van der Waals surface area contributed by atoms with Crippen molar-refractivity contribution in [2.75, 3.05) is 24.3 Å². The number of anilines is 1. The van der Waals surface area contributed by atoms with Crippen molar-refractivity contribution < 1.29 is 18.3 Å². The molecule has 2 unspecified atom stereocenters. The molecule has 0 bridgehead atoms. The van der Waals surface area contributed by atoms with Crippen LogP contribution in [0, 0.1) is 5.82 Å². The third kappa shape index (κ3) is 3.14. The van der Waals surface area contributed by atoms with Crippen molar-refractivity contribution in [3.63, 3.8) is 0 Å². The average molecular weight is 431 g/mol. The predicted octanol–water partition coefficient (Wildman–Crippen LogP) is 2.74. The van der Waals surface area contributed by atoms with Crippen LogP contribution in [0.1, 0.15) is 40.5 Å². The van der Waals surface area contributed by atoms with E-state index in [9.17, 15) is 9.18 Å². The summed E-state index contributed by atoms with van der Waals surface area (Å²) >= 11 is 1.08. The van der Waals surface area contributed by atoms with Crippen LogP contribution in [-0.4, -0.2) is 45.7 Å². The Morgan fingerprint density at radius 1 is 1.27 bits per heavy atom. The topological polar surface area (TPSA) is 102 Å². The lowest BCUT2D eigenvalue weighted by molar-refractivity contribution is 0.102. The van der Waals surface area contributed by atoms with Gasteiger partial charge in [-0.15, -0.1) is 0 Å². The summed E-state index contributed by atoms with van der Waals surface area (Å²) in [6.07, 6.45) is 5.20. The second-order valence-corrected chi connectivity index (χ2v) is 8.80. The molecule has 0 spiro atoms. The van der Waals surface area contributed by atoms with Crippen molar-refractivity contribution in [2.45, 2.75) is 30.0 Å². The van der Waals surface area contributed by atoms with E-state index in [0.29, 0.717) is 11.6 Å². The van der Waals surface area contributed by atoms with E-state index >= 15 is 4.39 Å². The SMILES string of the molecule is NC1=NC2(c3cc(NC(=O)c4cnc(C5CC5)cn4)ccc3F)COCC2(F)CS1. The predicted molar refractivity (Wildman–Crippen MR) is 109 cm³/mol. The van der Waals surface area contributed by atoms with Gasteiger partial charge >= 0.3 is 0 Å². The number of carbonyl (C=O) groups is 1. The molecule has 2 fully saturated rings. The number of rotatable bonds is 4. The number of carbonyl (C=O) groups excluding carboxylic acids is 1. The van der Waals surface area contributed by atoms with Gasteiger partial charge in [-0.3, -0.25) is 9.78 Å². The van der Waals surface area contributed by atoms with Gasteiger partial charge in [-0.2, -0.15) is 0 Å². The summed E-state index contributed by atoms with van der Waals surface area (Å²) in [6, 6.07) is 3.96. The number of benzene rings is 1. The number of nitrogens with zero attached hydrogens (tertiary/aromatic N) is 3. The van der Waals surface area contributed by atoms with Crippen LogP contribution >= 0.6 is 11.8 Å². The van der Waals surface area contributed by atoms with Crippen molar-refractivity contribution in [3.8, 4) is 0 Å². The van der Waals surface area contributed by atoms with E-state index in [4.69, 9.17) is 10.5 Å². The van der Waals surface area contributed by atoms with E-state index in [-0.39, 0.29) is 35.4 Å². The highest BCUT2D eigenvalue weighted by Crippen LogP contribution is 2.50. The molecule has 0 radical (unpaired) electrons. The maximum absolute atomic E-state index is 15.6. The van der Waals surface area contributed by atoms with Crippen LogP contribution in [0.15, 0.2) is 35.6 Å². The quantitative estimate of drug-likeness (QED) is 0.772. The molecule has 3 heterocycles. The van der Waals surface area contributed by atoms with Crippen molar-refractivity contribution in [1.82, 2.24) is 9.97 Å². The average Bonchev–Trinajstić information content (AvgIpc) is 3.52. The van der Waals surface area contributed by atoms with Crippen molar-refractivity contribution >= 4 is 28.5 Å². The minimum atomic E-state index is -1.89. The summed E-state index contributed by atoms with van der Waals surface area (Å²) in [6.45, 7) is -0.330.